The molecular formula is C31H20N2O4. The van der Waals surface area contributed by atoms with Crippen LogP contribution in [0.3, 0.4) is 0 Å². The Kier molecular flexibility index (Phi) is 4.39. The van der Waals surface area contributed by atoms with Crippen molar-refractivity contribution in [2.45, 2.75) is 5.41 Å². The lowest BCUT2D eigenvalue weighted by Crippen LogP contribution is -2.51. The predicted octanol–water partition coefficient (Wildman–Crippen LogP) is 4.55. The van der Waals surface area contributed by atoms with Gasteiger partial charge in [0, 0.05) is 13.1 Å². The first-order valence-corrected chi connectivity index (χ1v) is 12.1. The Balaban J connectivity index is 1.41. The number of nitrogens with zero attached hydrogens (tertiary/aromatic N) is 2. The standard InChI is InChI=1S/C31H20N2O4/c34-27-21-11-1-2-12-22(21)28(35)32(27)17-31(18-33-29(36)23-13-3-4-14-24(23)30(33)37)25-15-7-5-9-19(25)20-10-6-8-16-26(20)31/h1-16H,17-18H2. The van der Waals surface area contributed by atoms with Crippen LogP contribution in [0, 0.1) is 0 Å². The van der Waals surface area contributed by atoms with Gasteiger partial charge in [-0.15, -0.1) is 0 Å². The van der Waals surface area contributed by atoms with Crippen molar-refractivity contribution in [2.75, 3.05) is 13.1 Å². The second kappa shape index (κ2) is 7.58. The Morgan fingerprint density at radius 2 is 0.676 bits per heavy atom. The zero-order chi connectivity index (χ0) is 25.3. The van der Waals surface area contributed by atoms with Crippen LogP contribution >= 0.6 is 0 Å². The van der Waals surface area contributed by atoms with Gasteiger partial charge in [-0.2, -0.15) is 0 Å². The molecule has 0 saturated carbocycles. The highest BCUT2D eigenvalue weighted by Crippen LogP contribution is 2.51. The maximum atomic E-state index is 13.5. The monoisotopic (exact) mass is 484 g/mol. The number of imide groups is 2. The van der Waals surface area contributed by atoms with Gasteiger partial charge in [0.05, 0.1) is 27.7 Å². The van der Waals surface area contributed by atoms with Gasteiger partial charge in [-0.3, -0.25) is 29.0 Å². The molecule has 7 rings (SSSR count). The molecule has 0 radical (unpaired) electrons. The van der Waals surface area contributed by atoms with Crippen molar-refractivity contribution >= 4 is 23.6 Å². The van der Waals surface area contributed by atoms with Crippen LogP contribution in [0.25, 0.3) is 11.1 Å². The van der Waals surface area contributed by atoms with E-state index in [4.69, 9.17) is 0 Å². The first-order valence-electron chi connectivity index (χ1n) is 12.1. The molecule has 0 saturated heterocycles. The Morgan fingerprint density at radius 3 is 1.00 bits per heavy atom. The quantitative estimate of drug-likeness (QED) is 0.399. The first kappa shape index (κ1) is 21.4. The molecule has 4 amide bonds. The number of fused-ring (bicyclic) bond motifs is 5. The molecule has 37 heavy (non-hydrogen) atoms. The van der Waals surface area contributed by atoms with Crippen molar-refractivity contribution in [3.63, 3.8) is 0 Å². The minimum Gasteiger partial charge on any atom is -0.273 e. The zero-order valence-corrected chi connectivity index (χ0v) is 19.7. The number of hydrogen-bond donors (Lipinski definition) is 0. The Bertz CT molecular complexity index is 1490. The van der Waals surface area contributed by atoms with Crippen LogP contribution in [0.4, 0.5) is 0 Å². The second-order valence-corrected chi connectivity index (χ2v) is 9.66. The van der Waals surface area contributed by atoms with E-state index < -0.39 is 5.41 Å². The van der Waals surface area contributed by atoms with E-state index in [9.17, 15) is 19.2 Å². The van der Waals surface area contributed by atoms with E-state index >= 15 is 0 Å². The van der Waals surface area contributed by atoms with E-state index in [1.807, 2.05) is 48.5 Å². The largest absolute Gasteiger partial charge is 0.273 e. The molecule has 2 aliphatic heterocycles. The minimum atomic E-state index is -0.992. The third-order valence-electron chi connectivity index (χ3n) is 7.79. The summed E-state index contributed by atoms with van der Waals surface area (Å²) in [5.41, 5.74) is 4.15. The van der Waals surface area contributed by atoms with Crippen molar-refractivity contribution < 1.29 is 19.2 Å². The summed E-state index contributed by atoms with van der Waals surface area (Å²) >= 11 is 0. The van der Waals surface area contributed by atoms with E-state index in [0.29, 0.717) is 22.3 Å². The minimum absolute atomic E-state index is 0.000772. The second-order valence-electron chi connectivity index (χ2n) is 9.66. The molecule has 2 heterocycles. The maximum absolute atomic E-state index is 13.5. The molecule has 0 spiro atoms. The van der Waals surface area contributed by atoms with Crippen molar-refractivity contribution in [3.8, 4) is 11.1 Å². The molecule has 0 N–H and O–H groups in total. The molecular weight excluding hydrogens is 464 g/mol. The highest BCUT2D eigenvalue weighted by molar-refractivity contribution is 6.22. The molecule has 0 aromatic heterocycles. The van der Waals surface area contributed by atoms with Crippen LogP contribution in [0.1, 0.15) is 52.6 Å². The maximum Gasteiger partial charge on any atom is 0.261 e. The topological polar surface area (TPSA) is 74.8 Å². The molecule has 4 aromatic rings. The number of carbonyl (C=O) groups is 4. The van der Waals surface area contributed by atoms with E-state index in [1.165, 1.54) is 9.80 Å². The molecule has 1 aliphatic carbocycles. The summed E-state index contributed by atoms with van der Waals surface area (Å²) in [7, 11) is 0. The summed E-state index contributed by atoms with van der Waals surface area (Å²) in [5.74, 6) is -1.48. The van der Waals surface area contributed by atoms with Gasteiger partial charge in [0.15, 0.2) is 0 Å². The van der Waals surface area contributed by atoms with Crippen molar-refractivity contribution in [3.05, 3.63) is 130 Å². The molecule has 6 heteroatoms. The number of carbonyl (C=O) groups excluding carboxylic acids is 4. The molecule has 0 unspecified atom stereocenters. The van der Waals surface area contributed by atoms with E-state index in [2.05, 4.69) is 0 Å². The van der Waals surface area contributed by atoms with Crippen LogP contribution in [0.5, 0.6) is 0 Å². The summed E-state index contributed by atoms with van der Waals surface area (Å²) in [6.45, 7) is 0.00154. The van der Waals surface area contributed by atoms with Crippen LogP contribution in [0.2, 0.25) is 0 Å². The van der Waals surface area contributed by atoms with Crippen molar-refractivity contribution in [1.29, 1.82) is 0 Å². The molecule has 0 atom stereocenters. The molecule has 0 bridgehead atoms. The lowest BCUT2D eigenvalue weighted by atomic mass is 9.77. The SMILES string of the molecule is O=C1c2ccccc2C(=O)N1CC1(CN2C(=O)c3ccccc3C2=O)c2ccccc2-c2ccccc21. The van der Waals surface area contributed by atoms with Crippen molar-refractivity contribution in [2.24, 2.45) is 0 Å². The first-order chi connectivity index (χ1) is 18.0. The fraction of sp³-hybridized carbons (Fsp3) is 0.0968. The van der Waals surface area contributed by atoms with Gasteiger partial charge in [0.1, 0.15) is 0 Å². The van der Waals surface area contributed by atoms with Gasteiger partial charge in [0.2, 0.25) is 0 Å². The van der Waals surface area contributed by atoms with Gasteiger partial charge >= 0.3 is 0 Å². The number of rotatable bonds is 4. The molecule has 6 nitrogen and oxygen atoms in total. The van der Waals surface area contributed by atoms with Gasteiger partial charge in [-0.05, 0) is 46.5 Å². The fourth-order valence-electron chi connectivity index (χ4n) is 6.11. The Labute approximate surface area is 212 Å². The fourth-order valence-corrected chi connectivity index (χ4v) is 6.11. The predicted molar refractivity (Wildman–Crippen MR) is 136 cm³/mol. The van der Waals surface area contributed by atoms with E-state index in [-0.39, 0.29) is 36.7 Å². The summed E-state index contributed by atoms with van der Waals surface area (Å²) in [4.78, 5) is 56.4. The van der Waals surface area contributed by atoms with Crippen LogP contribution < -0.4 is 0 Å². The summed E-state index contributed by atoms with van der Waals surface area (Å²) in [6, 6.07) is 29.2. The molecule has 3 aliphatic rings. The third kappa shape index (κ3) is 2.81. The van der Waals surface area contributed by atoms with Gasteiger partial charge < -0.3 is 0 Å². The van der Waals surface area contributed by atoms with Gasteiger partial charge in [-0.25, -0.2) is 0 Å². The smallest absolute Gasteiger partial charge is 0.261 e. The zero-order valence-electron chi connectivity index (χ0n) is 19.7. The molecule has 0 fully saturated rings. The molecule has 178 valence electrons. The molecule has 4 aromatic carbocycles. The highest BCUT2D eigenvalue weighted by Gasteiger charge is 2.51. The number of amides is 4. The normalized spacial score (nSPS) is 16.6. The van der Waals surface area contributed by atoms with Crippen LogP contribution in [-0.2, 0) is 5.41 Å². The third-order valence-corrected chi connectivity index (χ3v) is 7.79. The Morgan fingerprint density at radius 1 is 0.405 bits per heavy atom. The average Bonchev–Trinajstić information content (AvgIpc) is 3.45. The Hall–Kier alpha value is -4.84. The van der Waals surface area contributed by atoms with E-state index in [0.717, 1.165) is 22.3 Å². The summed E-state index contributed by atoms with van der Waals surface area (Å²) in [5, 5.41) is 0. The number of benzene rings is 4. The van der Waals surface area contributed by atoms with Gasteiger partial charge in [0.25, 0.3) is 23.6 Å². The summed E-state index contributed by atoms with van der Waals surface area (Å²) < 4.78 is 0. The van der Waals surface area contributed by atoms with Crippen LogP contribution in [-0.4, -0.2) is 46.5 Å². The van der Waals surface area contributed by atoms with Crippen molar-refractivity contribution in [1.82, 2.24) is 9.80 Å². The average molecular weight is 485 g/mol. The van der Waals surface area contributed by atoms with Crippen LogP contribution in [0.15, 0.2) is 97.1 Å². The van der Waals surface area contributed by atoms with E-state index in [1.54, 1.807) is 48.5 Å². The summed E-state index contributed by atoms with van der Waals surface area (Å²) in [6.07, 6.45) is 0. The highest BCUT2D eigenvalue weighted by atomic mass is 16.2. The lowest BCUT2D eigenvalue weighted by molar-refractivity contribution is 0.0573. The lowest BCUT2D eigenvalue weighted by Gasteiger charge is -2.37. The number of hydrogen-bond acceptors (Lipinski definition) is 4. The van der Waals surface area contributed by atoms with Gasteiger partial charge in [-0.1, -0.05) is 72.8 Å².